The van der Waals surface area contributed by atoms with Gasteiger partial charge in [0.05, 0.1) is 17.7 Å². The van der Waals surface area contributed by atoms with Crippen molar-refractivity contribution in [2.24, 2.45) is 0 Å². The number of benzene rings is 1. The first kappa shape index (κ1) is 14.3. The fourth-order valence-corrected chi connectivity index (χ4v) is 1.20. The van der Waals surface area contributed by atoms with E-state index in [1.54, 1.807) is 0 Å². The van der Waals surface area contributed by atoms with E-state index in [-0.39, 0.29) is 5.75 Å². The number of hydrogen-bond acceptors (Lipinski definition) is 4. The van der Waals surface area contributed by atoms with Crippen LogP contribution in [0.4, 0.5) is 13.2 Å². The van der Waals surface area contributed by atoms with E-state index in [0.29, 0.717) is 12.1 Å². The van der Waals surface area contributed by atoms with Crippen LogP contribution in [0.5, 0.6) is 5.75 Å². The second-order valence-electron chi connectivity index (χ2n) is 3.02. The van der Waals surface area contributed by atoms with E-state index in [0.717, 1.165) is 13.2 Å². The molecule has 0 radical (unpaired) electrons. The van der Waals surface area contributed by atoms with Crippen LogP contribution in [0.25, 0.3) is 0 Å². The molecular weight excluding hydrogens is 277 g/mol. The number of methoxy groups -OCH3 is 1. The van der Waals surface area contributed by atoms with Crippen molar-refractivity contribution in [2.75, 3.05) is 7.11 Å². The number of alkyl halides is 3. The smallest absolute Gasteiger partial charge is 0.422 e. The molecule has 0 atom stereocenters. The summed E-state index contributed by atoms with van der Waals surface area (Å²) in [5.41, 5.74) is -0.995. The molecule has 8 heteroatoms. The summed E-state index contributed by atoms with van der Waals surface area (Å²) in [7, 11) is 0.956. The molecule has 0 aliphatic carbocycles. The minimum absolute atomic E-state index is 0.361. The number of esters is 2. The SMILES string of the molecule is COC(=O)C(=O)Oc1ccc(C(F)(F)F)cc1Cl. The lowest BCUT2D eigenvalue weighted by atomic mass is 10.2. The molecule has 1 rings (SSSR count). The number of halogens is 4. The molecule has 0 spiro atoms. The average molecular weight is 283 g/mol. The van der Waals surface area contributed by atoms with Crippen LogP contribution in [-0.2, 0) is 20.5 Å². The maximum Gasteiger partial charge on any atom is 0.422 e. The van der Waals surface area contributed by atoms with Crippen molar-refractivity contribution in [2.45, 2.75) is 6.18 Å². The Labute approximate surface area is 104 Å². The first-order valence-corrected chi connectivity index (χ1v) is 4.80. The molecule has 0 unspecified atom stereocenters. The predicted molar refractivity (Wildman–Crippen MR) is 54.1 cm³/mol. The number of ether oxygens (including phenoxy) is 2. The van der Waals surface area contributed by atoms with Gasteiger partial charge < -0.3 is 9.47 Å². The summed E-state index contributed by atoms with van der Waals surface area (Å²) in [6, 6.07) is 2.10. The second kappa shape index (κ2) is 5.26. The van der Waals surface area contributed by atoms with Crippen molar-refractivity contribution in [3.8, 4) is 5.75 Å². The Bertz CT molecular complexity index is 485. The van der Waals surface area contributed by atoms with Gasteiger partial charge in [-0.15, -0.1) is 0 Å². The van der Waals surface area contributed by atoms with Gasteiger partial charge in [-0.25, -0.2) is 9.59 Å². The molecule has 18 heavy (non-hydrogen) atoms. The molecular formula is C10H6ClF3O4. The number of rotatable bonds is 1. The lowest BCUT2D eigenvalue weighted by Crippen LogP contribution is -2.21. The van der Waals surface area contributed by atoms with Gasteiger partial charge in [0.2, 0.25) is 0 Å². The molecule has 0 N–H and O–H groups in total. The zero-order valence-corrected chi connectivity index (χ0v) is 9.63. The largest absolute Gasteiger partial charge is 0.461 e. The lowest BCUT2D eigenvalue weighted by Gasteiger charge is -2.09. The maximum atomic E-state index is 12.3. The zero-order valence-electron chi connectivity index (χ0n) is 8.88. The Hall–Kier alpha value is -1.76. The Morgan fingerprint density at radius 1 is 1.22 bits per heavy atom. The summed E-state index contributed by atoms with van der Waals surface area (Å²) in [4.78, 5) is 21.7. The first-order chi connectivity index (χ1) is 8.25. The number of hydrogen-bond donors (Lipinski definition) is 0. The van der Waals surface area contributed by atoms with E-state index in [2.05, 4.69) is 9.47 Å². The van der Waals surface area contributed by atoms with Crippen molar-refractivity contribution in [3.63, 3.8) is 0 Å². The summed E-state index contributed by atoms with van der Waals surface area (Å²) >= 11 is 5.50. The highest BCUT2D eigenvalue weighted by atomic mass is 35.5. The van der Waals surface area contributed by atoms with Gasteiger partial charge in [0.1, 0.15) is 5.75 Å². The molecule has 1 aromatic carbocycles. The summed E-state index contributed by atoms with van der Waals surface area (Å²) in [5.74, 6) is -3.02. The Balaban J connectivity index is 2.94. The molecule has 0 saturated carbocycles. The van der Waals surface area contributed by atoms with Crippen LogP contribution in [0.15, 0.2) is 18.2 Å². The summed E-state index contributed by atoms with van der Waals surface area (Å²) in [5, 5.41) is -0.443. The zero-order chi connectivity index (χ0) is 13.9. The summed E-state index contributed by atoms with van der Waals surface area (Å²) in [6.07, 6.45) is -4.56. The van der Waals surface area contributed by atoms with Crippen LogP contribution < -0.4 is 4.74 Å². The van der Waals surface area contributed by atoms with E-state index in [4.69, 9.17) is 11.6 Å². The van der Waals surface area contributed by atoms with Gasteiger partial charge in [-0.1, -0.05) is 11.6 Å². The highest BCUT2D eigenvalue weighted by Gasteiger charge is 2.31. The number of carbonyl (C=O) groups is 2. The molecule has 4 nitrogen and oxygen atoms in total. The van der Waals surface area contributed by atoms with Crippen LogP contribution >= 0.6 is 11.6 Å². The van der Waals surface area contributed by atoms with Gasteiger partial charge in [0.25, 0.3) is 0 Å². The van der Waals surface area contributed by atoms with E-state index in [1.165, 1.54) is 0 Å². The summed E-state index contributed by atoms with van der Waals surface area (Å²) in [6.45, 7) is 0. The minimum atomic E-state index is -4.56. The molecule has 0 heterocycles. The molecule has 0 aliphatic heterocycles. The molecule has 0 bridgehead atoms. The number of carbonyl (C=O) groups excluding carboxylic acids is 2. The molecule has 0 aliphatic rings. The third-order valence-corrected chi connectivity index (χ3v) is 2.11. The van der Waals surface area contributed by atoms with E-state index < -0.39 is 28.7 Å². The van der Waals surface area contributed by atoms with E-state index in [9.17, 15) is 22.8 Å². The highest BCUT2D eigenvalue weighted by molar-refractivity contribution is 6.33. The molecule has 0 fully saturated rings. The normalized spacial score (nSPS) is 10.9. The molecule has 0 amide bonds. The van der Waals surface area contributed by atoms with Gasteiger partial charge in [0.15, 0.2) is 0 Å². The van der Waals surface area contributed by atoms with Gasteiger partial charge >= 0.3 is 18.1 Å². The van der Waals surface area contributed by atoms with E-state index >= 15 is 0 Å². The van der Waals surface area contributed by atoms with Crippen LogP contribution in [-0.4, -0.2) is 19.0 Å². The highest BCUT2D eigenvalue weighted by Crippen LogP contribution is 2.34. The van der Waals surface area contributed by atoms with Crippen LogP contribution in [0.1, 0.15) is 5.56 Å². The third-order valence-electron chi connectivity index (χ3n) is 1.81. The Morgan fingerprint density at radius 3 is 2.28 bits per heavy atom. The quantitative estimate of drug-likeness (QED) is 0.451. The van der Waals surface area contributed by atoms with Gasteiger partial charge in [-0.2, -0.15) is 13.2 Å². The van der Waals surface area contributed by atoms with Gasteiger partial charge in [0, 0.05) is 0 Å². The van der Waals surface area contributed by atoms with Crippen molar-refractivity contribution < 1.29 is 32.2 Å². The third kappa shape index (κ3) is 3.36. The van der Waals surface area contributed by atoms with Crippen LogP contribution in [0.2, 0.25) is 5.02 Å². The standard InChI is InChI=1S/C10H6ClF3O4/c1-17-8(15)9(16)18-7-3-2-5(4-6(7)11)10(12,13)14/h2-4H,1H3. The van der Waals surface area contributed by atoms with E-state index in [1.807, 2.05) is 0 Å². The first-order valence-electron chi connectivity index (χ1n) is 4.42. The predicted octanol–water partition coefficient (Wildman–Crippen LogP) is 2.44. The average Bonchev–Trinajstić information content (AvgIpc) is 2.29. The van der Waals surface area contributed by atoms with Crippen molar-refractivity contribution in [1.82, 2.24) is 0 Å². The van der Waals surface area contributed by atoms with Crippen molar-refractivity contribution >= 4 is 23.5 Å². The maximum absolute atomic E-state index is 12.3. The second-order valence-corrected chi connectivity index (χ2v) is 3.43. The van der Waals surface area contributed by atoms with Gasteiger partial charge in [-0.3, -0.25) is 0 Å². The fraction of sp³-hybridized carbons (Fsp3) is 0.200. The molecule has 98 valence electrons. The van der Waals surface area contributed by atoms with Crippen molar-refractivity contribution in [1.29, 1.82) is 0 Å². The van der Waals surface area contributed by atoms with Crippen molar-refractivity contribution in [3.05, 3.63) is 28.8 Å². The topological polar surface area (TPSA) is 52.6 Å². The van der Waals surface area contributed by atoms with Gasteiger partial charge in [-0.05, 0) is 18.2 Å². The lowest BCUT2D eigenvalue weighted by molar-refractivity contribution is -0.160. The molecule has 0 aromatic heterocycles. The minimum Gasteiger partial charge on any atom is -0.461 e. The Morgan fingerprint density at radius 2 is 1.83 bits per heavy atom. The monoisotopic (exact) mass is 282 g/mol. The molecule has 1 aromatic rings. The van der Waals surface area contributed by atoms with Crippen LogP contribution in [0.3, 0.4) is 0 Å². The Kier molecular flexibility index (Phi) is 4.18. The van der Waals surface area contributed by atoms with Crippen LogP contribution in [0, 0.1) is 0 Å². The fourth-order valence-electron chi connectivity index (χ4n) is 0.985. The summed E-state index contributed by atoms with van der Waals surface area (Å²) < 4.78 is 45.4. The molecule has 0 saturated heterocycles.